The van der Waals surface area contributed by atoms with E-state index < -0.39 is 0 Å². The van der Waals surface area contributed by atoms with Gasteiger partial charge in [0.25, 0.3) is 0 Å². The fourth-order valence-electron chi connectivity index (χ4n) is 2.33. The molecule has 1 aromatic carbocycles. The third-order valence-electron chi connectivity index (χ3n) is 3.63. The van der Waals surface area contributed by atoms with Crippen molar-refractivity contribution in [1.82, 2.24) is 0 Å². The SMILES string of the molecule is CCC1(C)CC(Nc2ccc(I)cc2Br)CCO1. The summed E-state index contributed by atoms with van der Waals surface area (Å²) in [6.07, 6.45) is 3.22. The number of benzene rings is 1. The minimum Gasteiger partial charge on any atom is -0.381 e. The van der Waals surface area contributed by atoms with E-state index in [-0.39, 0.29) is 5.60 Å². The lowest BCUT2D eigenvalue weighted by molar-refractivity contribution is -0.0708. The number of ether oxygens (including phenoxy) is 1. The Labute approximate surface area is 131 Å². The summed E-state index contributed by atoms with van der Waals surface area (Å²) < 4.78 is 8.26. The molecular weight excluding hydrogens is 405 g/mol. The van der Waals surface area contributed by atoms with Crippen molar-refractivity contribution < 1.29 is 4.74 Å². The van der Waals surface area contributed by atoms with E-state index in [1.54, 1.807) is 0 Å². The van der Waals surface area contributed by atoms with Crippen molar-refractivity contribution in [2.75, 3.05) is 11.9 Å². The molecule has 1 aromatic rings. The zero-order valence-electron chi connectivity index (χ0n) is 10.8. The van der Waals surface area contributed by atoms with E-state index in [9.17, 15) is 0 Å². The van der Waals surface area contributed by atoms with Crippen LogP contribution in [-0.4, -0.2) is 18.2 Å². The molecule has 0 amide bonds. The normalized spacial score (nSPS) is 28.1. The van der Waals surface area contributed by atoms with Crippen LogP contribution >= 0.6 is 38.5 Å². The summed E-state index contributed by atoms with van der Waals surface area (Å²) in [5, 5.41) is 3.64. The first-order chi connectivity index (χ1) is 8.52. The van der Waals surface area contributed by atoms with Crippen molar-refractivity contribution in [2.24, 2.45) is 0 Å². The topological polar surface area (TPSA) is 21.3 Å². The van der Waals surface area contributed by atoms with Crippen molar-refractivity contribution in [1.29, 1.82) is 0 Å². The van der Waals surface area contributed by atoms with Gasteiger partial charge in [-0.2, -0.15) is 0 Å². The fourth-order valence-corrected chi connectivity index (χ4v) is 3.74. The third kappa shape index (κ3) is 3.61. The highest BCUT2D eigenvalue weighted by Crippen LogP contribution is 2.31. The zero-order valence-corrected chi connectivity index (χ0v) is 14.5. The summed E-state index contributed by atoms with van der Waals surface area (Å²) >= 11 is 5.95. The van der Waals surface area contributed by atoms with Gasteiger partial charge in [0.15, 0.2) is 0 Å². The second-order valence-electron chi connectivity index (χ2n) is 5.11. The monoisotopic (exact) mass is 423 g/mol. The molecule has 0 bridgehead atoms. The Morgan fingerprint density at radius 3 is 3.00 bits per heavy atom. The van der Waals surface area contributed by atoms with E-state index in [2.05, 4.69) is 75.9 Å². The molecule has 1 heterocycles. The molecule has 1 fully saturated rings. The molecular formula is C14H19BrINO. The van der Waals surface area contributed by atoms with Crippen LogP contribution in [0.3, 0.4) is 0 Å². The number of hydrogen-bond acceptors (Lipinski definition) is 2. The number of rotatable bonds is 3. The lowest BCUT2D eigenvalue weighted by Gasteiger charge is -2.38. The fraction of sp³-hybridized carbons (Fsp3) is 0.571. The van der Waals surface area contributed by atoms with Crippen LogP contribution in [0.25, 0.3) is 0 Å². The van der Waals surface area contributed by atoms with Crippen LogP contribution < -0.4 is 5.32 Å². The predicted molar refractivity (Wildman–Crippen MR) is 88.2 cm³/mol. The second kappa shape index (κ2) is 6.09. The molecule has 2 rings (SSSR count). The maximum absolute atomic E-state index is 5.88. The van der Waals surface area contributed by atoms with E-state index in [1.807, 2.05) is 0 Å². The molecule has 1 saturated heterocycles. The molecule has 18 heavy (non-hydrogen) atoms. The maximum atomic E-state index is 5.88. The van der Waals surface area contributed by atoms with Crippen LogP contribution in [0.15, 0.2) is 22.7 Å². The summed E-state index contributed by atoms with van der Waals surface area (Å²) in [5.74, 6) is 0. The van der Waals surface area contributed by atoms with E-state index in [4.69, 9.17) is 4.74 Å². The summed E-state index contributed by atoms with van der Waals surface area (Å²) in [5.41, 5.74) is 1.21. The number of hydrogen-bond donors (Lipinski definition) is 1. The molecule has 2 nitrogen and oxygen atoms in total. The van der Waals surface area contributed by atoms with Gasteiger partial charge in [-0.05, 0) is 82.9 Å². The summed E-state index contributed by atoms with van der Waals surface area (Å²) in [6.45, 7) is 5.26. The maximum Gasteiger partial charge on any atom is 0.0671 e. The third-order valence-corrected chi connectivity index (χ3v) is 4.96. The Morgan fingerprint density at radius 2 is 2.33 bits per heavy atom. The zero-order chi connectivity index (χ0) is 13.2. The minimum absolute atomic E-state index is 0.0333. The molecule has 0 radical (unpaired) electrons. The van der Waals surface area contributed by atoms with Gasteiger partial charge in [0.2, 0.25) is 0 Å². The predicted octanol–water partition coefficient (Wildman–Crippen LogP) is 4.81. The first-order valence-corrected chi connectivity index (χ1v) is 8.25. The standard InChI is InChI=1S/C14H19BrINO/c1-3-14(2)9-11(6-7-18-14)17-13-5-4-10(16)8-12(13)15/h4-5,8,11,17H,3,6-7,9H2,1-2H3. The second-order valence-corrected chi connectivity index (χ2v) is 7.21. The van der Waals surface area contributed by atoms with Gasteiger partial charge in [-0.25, -0.2) is 0 Å². The van der Waals surface area contributed by atoms with E-state index >= 15 is 0 Å². The Morgan fingerprint density at radius 1 is 1.56 bits per heavy atom. The van der Waals surface area contributed by atoms with Crippen molar-refractivity contribution >= 4 is 44.2 Å². The molecule has 0 spiro atoms. The summed E-state index contributed by atoms with van der Waals surface area (Å²) in [4.78, 5) is 0. The van der Waals surface area contributed by atoms with Crippen LogP contribution in [0.2, 0.25) is 0 Å². The van der Waals surface area contributed by atoms with Crippen LogP contribution in [0.5, 0.6) is 0 Å². The highest BCUT2D eigenvalue weighted by Gasteiger charge is 2.31. The lowest BCUT2D eigenvalue weighted by Crippen LogP contribution is -2.41. The molecule has 0 aromatic heterocycles. The van der Waals surface area contributed by atoms with Crippen LogP contribution in [0, 0.1) is 3.57 Å². The molecule has 0 aliphatic carbocycles. The minimum atomic E-state index is 0.0333. The van der Waals surface area contributed by atoms with Crippen molar-refractivity contribution in [3.8, 4) is 0 Å². The molecule has 2 atom stereocenters. The van der Waals surface area contributed by atoms with E-state index in [1.165, 1.54) is 9.26 Å². The van der Waals surface area contributed by atoms with Crippen molar-refractivity contribution in [2.45, 2.75) is 44.8 Å². The molecule has 4 heteroatoms. The highest BCUT2D eigenvalue weighted by molar-refractivity contribution is 14.1. The first kappa shape index (κ1) is 14.6. The Bertz CT molecular complexity index is 426. The van der Waals surface area contributed by atoms with Gasteiger partial charge in [0, 0.05) is 26.4 Å². The van der Waals surface area contributed by atoms with E-state index in [0.717, 1.165) is 30.3 Å². The van der Waals surface area contributed by atoms with Gasteiger partial charge in [0.05, 0.1) is 5.60 Å². The molecule has 1 aliphatic rings. The Kier molecular flexibility index (Phi) is 4.94. The lowest BCUT2D eigenvalue weighted by atomic mass is 9.90. The van der Waals surface area contributed by atoms with Gasteiger partial charge in [-0.15, -0.1) is 0 Å². The van der Waals surface area contributed by atoms with Gasteiger partial charge in [-0.3, -0.25) is 0 Å². The van der Waals surface area contributed by atoms with Gasteiger partial charge in [0.1, 0.15) is 0 Å². The summed E-state index contributed by atoms with van der Waals surface area (Å²) in [7, 11) is 0. The van der Waals surface area contributed by atoms with Crippen LogP contribution in [-0.2, 0) is 4.74 Å². The van der Waals surface area contributed by atoms with Crippen molar-refractivity contribution in [3.63, 3.8) is 0 Å². The van der Waals surface area contributed by atoms with Crippen LogP contribution in [0.1, 0.15) is 33.1 Å². The highest BCUT2D eigenvalue weighted by atomic mass is 127. The largest absolute Gasteiger partial charge is 0.381 e. The average molecular weight is 424 g/mol. The number of nitrogens with one attached hydrogen (secondary N) is 1. The average Bonchev–Trinajstić information content (AvgIpc) is 2.33. The van der Waals surface area contributed by atoms with Gasteiger partial charge >= 0.3 is 0 Å². The quantitative estimate of drug-likeness (QED) is 0.704. The van der Waals surface area contributed by atoms with Crippen molar-refractivity contribution in [3.05, 3.63) is 26.2 Å². The summed E-state index contributed by atoms with van der Waals surface area (Å²) in [6, 6.07) is 6.91. The van der Waals surface area contributed by atoms with Crippen LogP contribution in [0.4, 0.5) is 5.69 Å². The van der Waals surface area contributed by atoms with Gasteiger partial charge in [-0.1, -0.05) is 6.92 Å². The molecule has 1 aliphatic heterocycles. The molecule has 0 saturated carbocycles. The molecule has 100 valence electrons. The number of anilines is 1. The van der Waals surface area contributed by atoms with E-state index in [0.29, 0.717) is 6.04 Å². The Balaban J connectivity index is 2.05. The van der Waals surface area contributed by atoms with Gasteiger partial charge < -0.3 is 10.1 Å². The molecule has 2 unspecified atom stereocenters. The smallest absolute Gasteiger partial charge is 0.0671 e. The Hall–Kier alpha value is 0.190. The first-order valence-electron chi connectivity index (χ1n) is 6.38. The molecule has 1 N–H and O–H groups in total. The number of halogens is 2.